The van der Waals surface area contributed by atoms with Gasteiger partial charge in [0.25, 0.3) is 11.2 Å². The number of para-hydroxylation sites is 1. The number of nitro benzene ring substituents is 1. The molecule has 0 bridgehead atoms. The molecule has 0 spiro atoms. The van der Waals surface area contributed by atoms with E-state index in [0.717, 1.165) is 4.57 Å². The van der Waals surface area contributed by atoms with E-state index < -0.39 is 16.2 Å². The Morgan fingerprint density at radius 3 is 2.52 bits per heavy atom. The summed E-state index contributed by atoms with van der Waals surface area (Å²) < 4.78 is 2.34. The van der Waals surface area contributed by atoms with E-state index in [9.17, 15) is 29.9 Å². The summed E-state index contributed by atoms with van der Waals surface area (Å²) in [5, 5.41) is 33.5. The molecule has 11 nitrogen and oxygen atoms in total. The van der Waals surface area contributed by atoms with Crippen LogP contribution in [0.4, 0.5) is 11.5 Å². The number of aryl methyl sites for hydroxylation is 1. The minimum absolute atomic E-state index is 0.0427. The number of nitro groups is 1. The third kappa shape index (κ3) is 6.23. The fourth-order valence-corrected chi connectivity index (χ4v) is 3.45. The van der Waals surface area contributed by atoms with E-state index in [2.05, 4.69) is 5.32 Å². The van der Waals surface area contributed by atoms with Crippen LogP contribution in [0.2, 0.25) is 0 Å². The largest absolute Gasteiger partial charge is 0.395 e. The molecule has 1 heterocycles. The summed E-state index contributed by atoms with van der Waals surface area (Å²) in [4.78, 5) is 36.5. The summed E-state index contributed by atoms with van der Waals surface area (Å²) in [6, 6.07) is 7.50. The number of anilines is 1. The molecule has 1 aromatic heterocycles. The van der Waals surface area contributed by atoms with E-state index in [1.54, 1.807) is 25.2 Å². The van der Waals surface area contributed by atoms with Crippen LogP contribution in [0.1, 0.15) is 12.0 Å². The Hall–Kier alpha value is -3.02. The van der Waals surface area contributed by atoms with Crippen LogP contribution in [0, 0.1) is 10.1 Å². The first-order chi connectivity index (χ1) is 14.8. The van der Waals surface area contributed by atoms with Gasteiger partial charge in [-0.15, -0.1) is 0 Å². The molecule has 0 aliphatic heterocycles. The lowest BCUT2D eigenvalue weighted by molar-refractivity contribution is -0.385. The van der Waals surface area contributed by atoms with Crippen LogP contribution < -0.4 is 16.6 Å². The number of nitrogens with one attached hydrogen (secondary N) is 1. The molecular formula is C20H29N5O6. The highest BCUT2D eigenvalue weighted by molar-refractivity contribution is 5.39. The predicted octanol–water partition coefficient (Wildman–Crippen LogP) is -0.308. The fraction of sp³-hybridized carbons (Fsp3) is 0.500. The van der Waals surface area contributed by atoms with Gasteiger partial charge in [0.15, 0.2) is 0 Å². The smallest absolute Gasteiger partial charge is 0.332 e. The van der Waals surface area contributed by atoms with Gasteiger partial charge in [0.2, 0.25) is 0 Å². The topological polar surface area (TPSA) is 143 Å². The molecule has 3 N–H and O–H groups in total. The first kappa shape index (κ1) is 24.3. The van der Waals surface area contributed by atoms with Crippen LogP contribution in [0.3, 0.4) is 0 Å². The second kappa shape index (κ2) is 11.4. The van der Waals surface area contributed by atoms with Crippen molar-refractivity contribution in [2.45, 2.75) is 18.9 Å². The average Bonchev–Trinajstić information content (AvgIpc) is 2.76. The summed E-state index contributed by atoms with van der Waals surface area (Å²) in [7, 11) is 2.96. The summed E-state index contributed by atoms with van der Waals surface area (Å²) in [6.45, 7) is 0.797. The van der Waals surface area contributed by atoms with Gasteiger partial charge in [-0.2, -0.15) is 0 Å². The molecule has 170 valence electrons. The summed E-state index contributed by atoms with van der Waals surface area (Å²) >= 11 is 0. The molecule has 1 aromatic carbocycles. The predicted molar refractivity (Wildman–Crippen MR) is 116 cm³/mol. The van der Waals surface area contributed by atoms with Crippen molar-refractivity contribution < 1.29 is 15.1 Å². The molecule has 11 heteroatoms. The van der Waals surface area contributed by atoms with Gasteiger partial charge in [-0.1, -0.05) is 18.2 Å². The van der Waals surface area contributed by atoms with E-state index in [1.165, 1.54) is 23.7 Å². The van der Waals surface area contributed by atoms with Crippen molar-refractivity contribution in [3.05, 3.63) is 66.8 Å². The second-order valence-electron chi connectivity index (χ2n) is 7.22. The number of nitrogens with zero attached hydrogens (tertiary/aromatic N) is 4. The third-order valence-electron chi connectivity index (χ3n) is 5.28. The maximum absolute atomic E-state index is 12.0. The molecule has 0 saturated carbocycles. The lowest BCUT2D eigenvalue weighted by atomic mass is 10.0. The van der Waals surface area contributed by atoms with Gasteiger partial charge >= 0.3 is 5.69 Å². The number of hydrogen-bond donors (Lipinski definition) is 3. The van der Waals surface area contributed by atoms with Crippen molar-refractivity contribution in [1.29, 1.82) is 0 Å². The molecule has 0 radical (unpaired) electrons. The van der Waals surface area contributed by atoms with Gasteiger partial charge in [0.05, 0.1) is 18.1 Å². The Morgan fingerprint density at radius 2 is 1.87 bits per heavy atom. The minimum atomic E-state index is -0.445. The monoisotopic (exact) mass is 435 g/mol. The molecule has 0 saturated heterocycles. The summed E-state index contributed by atoms with van der Waals surface area (Å²) in [5.74, 6) is 0.373. The van der Waals surface area contributed by atoms with Crippen LogP contribution in [-0.2, 0) is 20.5 Å². The molecule has 2 aromatic rings. The third-order valence-corrected chi connectivity index (χ3v) is 5.28. The van der Waals surface area contributed by atoms with Gasteiger partial charge < -0.3 is 15.5 Å². The Morgan fingerprint density at radius 1 is 1.16 bits per heavy atom. The Balaban J connectivity index is 2.04. The summed E-state index contributed by atoms with van der Waals surface area (Å²) in [6.07, 6.45) is 0.868. The van der Waals surface area contributed by atoms with Crippen LogP contribution in [-0.4, -0.2) is 68.1 Å². The number of rotatable bonds is 12. The molecule has 31 heavy (non-hydrogen) atoms. The maximum atomic E-state index is 12.0. The fourth-order valence-electron chi connectivity index (χ4n) is 3.45. The highest BCUT2D eigenvalue weighted by atomic mass is 16.6. The molecular weight excluding hydrogens is 406 g/mol. The van der Waals surface area contributed by atoms with E-state index in [1.807, 2.05) is 4.90 Å². The molecule has 2 rings (SSSR count). The maximum Gasteiger partial charge on any atom is 0.332 e. The number of aliphatic hydroxyl groups excluding tert-OH is 2. The van der Waals surface area contributed by atoms with Crippen LogP contribution in [0.5, 0.6) is 0 Å². The van der Waals surface area contributed by atoms with Gasteiger partial charge in [-0.05, 0) is 12.8 Å². The van der Waals surface area contributed by atoms with E-state index >= 15 is 0 Å². The Bertz CT molecular complexity index is 1000. The molecule has 1 unspecified atom stereocenters. The van der Waals surface area contributed by atoms with E-state index in [-0.39, 0.29) is 24.9 Å². The second-order valence-corrected chi connectivity index (χ2v) is 7.22. The molecule has 1 atom stereocenters. The average molecular weight is 435 g/mol. The van der Waals surface area contributed by atoms with E-state index in [0.29, 0.717) is 43.9 Å². The normalized spacial score (nSPS) is 12.2. The van der Waals surface area contributed by atoms with Crippen molar-refractivity contribution in [3.63, 3.8) is 0 Å². The summed E-state index contributed by atoms with van der Waals surface area (Å²) in [5.41, 5.74) is -0.236. The van der Waals surface area contributed by atoms with Crippen molar-refractivity contribution in [3.8, 4) is 0 Å². The first-order valence-electron chi connectivity index (χ1n) is 9.99. The molecule has 0 amide bonds. The standard InChI is InChI=1S/C20H29N5O6/c1-22-18(13-19(28)23(2)20(22)29)21-9-10-24(11-12-26)16(14-27)8-7-15-5-3-4-6-17(15)25(30)31/h3-6,13,16,21,26-27H,7-12,14H2,1-2H3. The van der Waals surface area contributed by atoms with Crippen LogP contribution in [0.25, 0.3) is 0 Å². The number of aromatic nitrogens is 2. The highest BCUT2D eigenvalue weighted by Gasteiger charge is 2.20. The van der Waals surface area contributed by atoms with Gasteiger partial charge in [-0.3, -0.25) is 28.9 Å². The number of aliphatic hydroxyl groups is 2. The van der Waals surface area contributed by atoms with Gasteiger partial charge in [0.1, 0.15) is 5.82 Å². The molecule has 0 aliphatic rings. The Kier molecular flexibility index (Phi) is 8.91. The van der Waals surface area contributed by atoms with Gasteiger partial charge in [-0.25, -0.2) is 4.79 Å². The van der Waals surface area contributed by atoms with E-state index in [4.69, 9.17) is 0 Å². The SMILES string of the molecule is Cn1c(NCCN(CCO)C(CO)CCc2ccccc2[N+](=O)[O-])cc(=O)n(C)c1=O. The number of hydrogen-bond acceptors (Lipinski definition) is 8. The lowest BCUT2D eigenvalue weighted by Crippen LogP contribution is -2.43. The first-order valence-corrected chi connectivity index (χ1v) is 9.99. The zero-order valence-electron chi connectivity index (χ0n) is 17.7. The van der Waals surface area contributed by atoms with Crippen molar-refractivity contribution >= 4 is 11.5 Å². The van der Waals surface area contributed by atoms with Crippen LogP contribution in [0.15, 0.2) is 39.9 Å². The minimum Gasteiger partial charge on any atom is -0.395 e. The lowest BCUT2D eigenvalue weighted by Gasteiger charge is -2.30. The molecule has 0 aliphatic carbocycles. The zero-order valence-corrected chi connectivity index (χ0v) is 17.7. The highest BCUT2D eigenvalue weighted by Crippen LogP contribution is 2.20. The van der Waals surface area contributed by atoms with Crippen molar-refractivity contribution in [2.24, 2.45) is 14.1 Å². The quantitative estimate of drug-likeness (QED) is 0.304. The Labute approximate surface area is 179 Å². The zero-order chi connectivity index (χ0) is 23.0. The molecule has 0 fully saturated rings. The van der Waals surface area contributed by atoms with Gasteiger partial charge in [0, 0.05) is 57.5 Å². The van der Waals surface area contributed by atoms with Crippen molar-refractivity contribution in [1.82, 2.24) is 14.0 Å². The number of benzene rings is 1. The van der Waals surface area contributed by atoms with Crippen LogP contribution >= 0.6 is 0 Å². The van der Waals surface area contributed by atoms with Crippen molar-refractivity contribution in [2.75, 3.05) is 38.2 Å².